The third-order valence-electron chi connectivity index (χ3n) is 7.65. The van der Waals surface area contributed by atoms with Gasteiger partial charge in [-0.2, -0.15) is 0 Å². The molecular weight excluding hydrogens is 899 g/mol. The van der Waals surface area contributed by atoms with Crippen LogP contribution < -0.4 is 32.8 Å². The van der Waals surface area contributed by atoms with Gasteiger partial charge in [-0.15, -0.1) is 0 Å². The maximum Gasteiger partial charge on any atom is 0.407 e. The highest BCUT2D eigenvalue weighted by molar-refractivity contribution is 9.09. The minimum Gasteiger partial charge on any atom is -0.444 e. The minimum absolute atomic E-state index is 0.202. The molecule has 0 fully saturated rings. The van der Waals surface area contributed by atoms with Gasteiger partial charge in [-0.3, -0.25) is 24.5 Å². The lowest BCUT2D eigenvalue weighted by atomic mass is 10.2. The maximum absolute atomic E-state index is 12.7. The highest BCUT2D eigenvalue weighted by atomic mass is 79.9. The topological polar surface area (TPSA) is 247 Å². The van der Waals surface area contributed by atoms with Crippen LogP contribution >= 0.6 is 39.1 Å². The summed E-state index contributed by atoms with van der Waals surface area (Å²) in [5.74, 6) is -0.00353. The molecule has 61 heavy (non-hydrogen) atoms. The minimum atomic E-state index is -0.849. The molecular formula is C40H57BrCl2N10O8. The summed E-state index contributed by atoms with van der Waals surface area (Å²) in [6.07, 6.45) is 0.441. The van der Waals surface area contributed by atoms with Gasteiger partial charge in [0, 0.05) is 51.3 Å². The standard InChI is InChI=1S/C20H28ClN5O4.C12H11BrClN3O2.C8H18N2O2/c1-20(2,3)30-19(29)23-10-6-9-22-15(18(28)26(4)5)16-24-14-11-12(21)7-8-13(14)17(27)25-16;1-17(2)12(19)9(13)10-15-8-5-6(14)3-4-7(8)11(18)16-10;1-8(2,3)12-7(11)10-6-4-5-9/h7-8,11,15,22H,6,9-10H2,1-5H3,(H,23,29)(H,24,25,27);3-5,9H,1-2H3,(H,15,16,18);4-6,9H2,1-3H3,(H,10,11). The van der Waals surface area contributed by atoms with Crippen LogP contribution in [0, 0.1) is 0 Å². The van der Waals surface area contributed by atoms with Gasteiger partial charge in [0.2, 0.25) is 11.8 Å². The van der Waals surface area contributed by atoms with E-state index in [4.69, 9.17) is 38.4 Å². The highest BCUT2D eigenvalue weighted by Crippen LogP contribution is 2.23. The van der Waals surface area contributed by atoms with Crippen molar-refractivity contribution in [2.24, 2.45) is 5.73 Å². The van der Waals surface area contributed by atoms with Crippen LogP contribution in [0.25, 0.3) is 21.8 Å². The van der Waals surface area contributed by atoms with Crippen LogP contribution in [0.2, 0.25) is 10.0 Å². The Morgan fingerprint density at radius 2 is 1.15 bits per heavy atom. The Bertz CT molecular complexity index is 2240. The number of nitrogens with one attached hydrogen (secondary N) is 5. The summed E-state index contributed by atoms with van der Waals surface area (Å²) >= 11 is 15.1. The van der Waals surface area contributed by atoms with Gasteiger partial charge in [-0.25, -0.2) is 19.6 Å². The van der Waals surface area contributed by atoms with Gasteiger partial charge in [0.1, 0.15) is 28.9 Å². The number of alkyl halides is 1. The molecule has 336 valence electrons. The Labute approximate surface area is 373 Å². The first kappa shape index (κ1) is 52.3. The van der Waals surface area contributed by atoms with E-state index in [1.54, 1.807) is 85.4 Å². The molecule has 0 radical (unpaired) electrons. The van der Waals surface area contributed by atoms with Crippen molar-refractivity contribution in [2.75, 3.05) is 54.4 Å². The van der Waals surface area contributed by atoms with Gasteiger partial charge in [0.25, 0.3) is 11.1 Å². The maximum atomic E-state index is 12.7. The van der Waals surface area contributed by atoms with E-state index >= 15 is 0 Å². The fraction of sp³-hybridized carbons (Fsp3) is 0.500. The predicted molar refractivity (Wildman–Crippen MR) is 241 cm³/mol. The number of fused-ring (bicyclic) bond motifs is 2. The van der Waals surface area contributed by atoms with Crippen molar-refractivity contribution in [3.05, 3.63) is 78.8 Å². The van der Waals surface area contributed by atoms with Gasteiger partial charge in [0.05, 0.1) is 21.8 Å². The number of nitrogens with two attached hydrogens (primary N) is 1. The number of aromatic nitrogens is 4. The average molecular weight is 957 g/mol. The summed E-state index contributed by atoms with van der Waals surface area (Å²) < 4.78 is 10.2. The van der Waals surface area contributed by atoms with E-state index in [1.165, 1.54) is 9.80 Å². The van der Waals surface area contributed by atoms with Crippen LogP contribution in [0.3, 0.4) is 0 Å². The molecule has 2 aromatic carbocycles. The molecule has 0 aliphatic heterocycles. The van der Waals surface area contributed by atoms with Gasteiger partial charge in [0.15, 0.2) is 4.83 Å². The molecule has 4 aromatic rings. The number of nitrogens with zero attached hydrogens (tertiary/aromatic N) is 4. The van der Waals surface area contributed by atoms with Gasteiger partial charge < -0.3 is 45.6 Å². The Balaban J connectivity index is 0.000000351. The number of alkyl carbamates (subject to hydrolysis) is 2. The van der Waals surface area contributed by atoms with Gasteiger partial charge >= 0.3 is 12.2 Å². The summed E-state index contributed by atoms with van der Waals surface area (Å²) in [6, 6.07) is 8.75. The number of carbonyl (C=O) groups is 4. The molecule has 2 atom stereocenters. The van der Waals surface area contributed by atoms with Crippen molar-refractivity contribution >= 4 is 84.9 Å². The monoisotopic (exact) mass is 954 g/mol. The van der Waals surface area contributed by atoms with Crippen LogP contribution in [0.1, 0.15) is 76.9 Å². The zero-order valence-corrected chi connectivity index (χ0v) is 39.2. The van der Waals surface area contributed by atoms with Crippen LogP contribution in [0.15, 0.2) is 46.0 Å². The van der Waals surface area contributed by atoms with Crippen molar-refractivity contribution < 1.29 is 28.7 Å². The van der Waals surface area contributed by atoms with Crippen molar-refractivity contribution in [3.63, 3.8) is 0 Å². The molecule has 18 nitrogen and oxygen atoms in total. The SMILES string of the molecule is CC(C)(C)OC(=O)NCCCN.CN(C)C(=O)C(Br)c1nc2cc(Cl)ccc2c(=O)[nH]1.CN(C)C(=O)C(NCCCNC(=O)OC(C)(C)C)c1nc2cc(Cl)ccc2c(=O)[nH]1. The van der Waals surface area contributed by atoms with Crippen molar-refractivity contribution in [1.29, 1.82) is 0 Å². The molecule has 7 N–H and O–H groups in total. The van der Waals surface area contributed by atoms with Crippen molar-refractivity contribution in [2.45, 2.75) is 76.5 Å². The molecule has 4 amide bonds. The first-order chi connectivity index (χ1) is 28.3. The number of benzene rings is 2. The predicted octanol–water partition coefficient (Wildman–Crippen LogP) is 5.17. The summed E-state index contributed by atoms with van der Waals surface area (Å²) in [6.45, 7) is 12.8. The van der Waals surface area contributed by atoms with E-state index < -0.39 is 28.2 Å². The quantitative estimate of drug-likeness (QED) is 0.0796. The first-order valence-electron chi connectivity index (χ1n) is 19.2. The molecule has 0 aliphatic rings. The third-order valence-corrected chi connectivity index (χ3v) is 8.95. The second kappa shape index (κ2) is 24.0. The molecule has 2 unspecified atom stereocenters. The molecule has 0 aliphatic carbocycles. The summed E-state index contributed by atoms with van der Waals surface area (Å²) in [5, 5.41) is 10.1. The highest BCUT2D eigenvalue weighted by Gasteiger charge is 2.25. The van der Waals surface area contributed by atoms with E-state index in [0.29, 0.717) is 64.5 Å². The Hall–Kier alpha value is -4.82. The molecule has 4 rings (SSSR count). The fourth-order valence-electron chi connectivity index (χ4n) is 4.87. The molecule has 0 saturated carbocycles. The van der Waals surface area contributed by atoms with E-state index in [2.05, 4.69) is 51.8 Å². The van der Waals surface area contributed by atoms with Crippen molar-refractivity contribution in [3.8, 4) is 0 Å². The Morgan fingerprint density at radius 1 is 0.721 bits per heavy atom. The fourth-order valence-corrected chi connectivity index (χ4v) is 5.83. The molecule has 0 bridgehead atoms. The third kappa shape index (κ3) is 18.4. The number of hydrogen-bond acceptors (Lipinski definition) is 12. The van der Waals surface area contributed by atoms with Crippen LogP contribution in [0.5, 0.6) is 0 Å². The van der Waals surface area contributed by atoms with E-state index in [1.807, 2.05) is 20.8 Å². The van der Waals surface area contributed by atoms with Crippen LogP contribution in [-0.2, 0) is 19.1 Å². The molecule has 21 heteroatoms. The van der Waals surface area contributed by atoms with Crippen LogP contribution in [0.4, 0.5) is 9.59 Å². The van der Waals surface area contributed by atoms with E-state index in [-0.39, 0.29) is 40.7 Å². The second-order valence-corrected chi connectivity index (χ2v) is 17.6. The Morgan fingerprint density at radius 3 is 1.57 bits per heavy atom. The number of hydrogen-bond donors (Lipinski definition) is 6. The number of ether oxygens (including phenoxy) is 2. The molecule has 2 heterocycles. The lowest BCUT2D eigenvalue weighted by Gasteiger charge is -2.22. The number of aromatic amines is 2. The number of amides is 4. The Kier molecular flexibility index (Phi) is 20.6. The number of halogens is 3. The van der Waals surface area contributed by atoms with Gasteiger partial charge in [-0.1, -0.05) is 39.1 Å². The van der Waals surface area contributed by atoms with Gasteiger partial charge in [-0.05, 0) is 104 Å². The molecule has 2 aromatic heterocycles. The number of carbonyl (C=O) groups excluding carboxylic acids is 4. The summed E-state index contributed by atoms with van der Waals surface area (Å²) in [7, 11) is 6.51. The van der Waals surface area contributed by atoms with Crippen LogP contribution in [-0.4, -0.2) is 119 Å². The largest absolute Gasteiger partial charge is 0.444 e. The summed E-state index contributed by atoms with van der Waals surface area (Å²) in [4.78, 5) is 87.6. The normalized spacial score (nSPS) is 12.2. The average Bonchev–Trinajstić information content (AvgIpc) is 3.14. The zero-order chi connectivity index (χ0) is 46.2. The first-order valence-corrected chi connectivity index (χ1v) is 20.8. The number of H-pyrrole nitrogens is 2. The lowest BCUT2D eigenvalue weighted by Crippen LogP contribution is -2.40. The smallest absolute Gasteiger partial charge is 0.407 e. The number of likely N-dealkylation sites (N-methyl/N-ethyl adjacent to an activating group) is 2. The second-order valence-electron chi connectivity index (χ2n) is 15.8. The molecule has 0 spiro atoms. The zero-order valence-electron chi connectivity index (χ0n) is 36.1. The van der Waals surface area contributed by atoms with E-state index in [9.17, 15) is 28.8 Å². The molecule has 0 saturated heterocycles. The lowest BCUT2D eigenvalue weighted by molar-refractivity contribution is -0.131. The summed E-state index contributed by atoms with van der Waals surface area (Å²) in [5.41, 5.74) is 4.48. The van der Waals surface area contributed by atoms with Crippen molar-refractivity contribution in [1.82, 2.24) is 45.7 Å². The number of rotatable bonds is 12. The van der Waals surface area contributed by atoms with E-state index in [0.717, 1.165) is 6.42 Å².